The molecular formula is C19H14Br2ClF7O2. The molecule has 2 rings (SSSR count). The van der Waals surface area contributed by atoms with Crippen LogP contribution in [0.3, 0.4) is 0 Å². The number of benzene rings is 1. The van der Waals surface area contributed by atoms with E-state index in [4.69, 9.17) is 16.3 Å². The van der Waals surface area contributed by atoms with Gasteiger partial charge in [-0.05, 0) is 16.3 Å². The lowest BCUT2D eigenvalue weighted by atomic mass is 10.0. The maximum Gasteiger partial charge on any atom is 0.426 e. The zero-order chi connectivity index (χ0) is 23.9. The molecule has 0 heterocycles. The molecule has 1 saturated carbocycles. The van der Waals surface area contributed by atoms with E-state index in [1.165, 1.54) is 18.8 Å². The lowest BCUT2D eigenvalue weighted by Crippen LogP contribution is -2.19. The molecule has 3 atom stereocenters. The van der Waals surface area contributed by atoms with Gasteiger partial charge >= 0.3 is 12.1 Å². The Morgan fingerprint density at radius 3 is 2.19 bits per heavy atom. The van der Waals surface area contributed by atoms with Crippen molar-refractivity contribution in [3.8, 4) is 0 Å². The second-order valence-electron chi connectivity index (χ2n) is 7.40. The predicted octanol–water partition coefficient (Wildman–Crippen LogP) is 7.81. The van der Waals surface area contributed by atoms with Gasteiger partial charge in [-0.3, -0.25) is 4.79 Å². The Hall–Kier alpha value is -1.07. The standard InChI is InChI=1S/C19H14Br2ClF7O2/c1-18(2)8(4-12(22)19(27,28)29)14(18)17(30)31-11(3-7(21)6-20)13-15(25)9(23)5-10(24)16(13)26/h4-6,8,11,14H,3H2,1-2H3/t8-,11?,14-/m0/s1. The summed E-state index contributed by atoms with van der Waals surface area (Å²) in [5.74, 6) is -10.1. The molecule has 0 aromatic heterocycles. The summed E-state index contributed by atoms with van der Waals surface area (Å²) >= 11 is 11.2. The molecule has 0 radical (unpaired) electrons. The molecule has 1 aromatic carbocycles. The van der Waals surface area contributed by atoms with E-state index in [1.807, 2.05) is 0 Å². The number of hydrogen-bond donors (Lipinski definition) is 0. The molecule has 31 heavy (non-hydrogen) atoms. The summed E-state index contributed by atoms with van der Waals surface area (Å²) in [6, 6.07) is 0.00633. The molecule has 1 aliphatic rings. The van der Waals surface area contributed by atoms with Crippen LogP contribution in [-0.2, 0) is 9.53 Å². The van der Waals surface area contributed by atoms with Crippen LogP contribution in [0.2, 0.25) is 0 Å². The number of ether oxygens (including phenoxy) is 1. The molecule has 1 aromatic rings. The summed E-state index contributed by atoms with van der Waals surface area (Å²) in [5.41, 5.74) is -2.16. The second-order valence-corrected chi connectivity index (χ2v) is 9.29. The molecule has 1 unspecified atom stereocenters. The normalized spacial score (nSPS) is 22.3. The van der Waals surface area contributed by atoms with Gasteiger partial charge in [0.2, 0.25) is 0 Å². The van der Waals surface area contributed by atoms with Gasteiger partial charge in [0.15, 0.2) is 23.3 Å². The van der Waals surface area contributed by atoms with Gasteiger partial charge in [-0.1, -0.05) is 63.4 Å². The van der Waals surface area contributed by atoms with E-state index in [0.29, 0.717) is 6.08 Å². The van der Waals surface area contributed by atoms with E-state index in [0.717, 1.165) is 0 Å². The lowest BCUT2D eigenvalue weighted by Gasteiger charge is -2.20. The molecule has 0 spiro atoms. The van der Waals surface area contributed by atoms with Crippen LogP contribution < -0.4 is 0 Å². The molecule has 172 valence electrons. The maximum atomic E-state index is 14.3. The van der Waals surface area contributed by atoms with Gasteiger partial charge in [0.25, 0.3) is 0 Å². The average Bonchev–Trinajstić information content (AvgIpc) is 3.19. The fourth-order valence-corrected chi connectivity index (χ4v) is 3.82. The molecule has 1 aliphatic carbocycles. The highest BCUT2D eigenvalue weighted by atomic mass is 79.9. The van der Waals surface area contributed by atoms with Crippen molar-refractivity contribution in [3.63, 3.8) is 0 Å². The van der Waals surface area contributed by atoms with Gasteiger partial charge in [0.05, 0.1) is 11.5 Å². The van der Waals surface area contributed by atoms with Crippen molar-refractivity contribution in [2.24, 2.45) is 17.3 Å². The van der Waals surface area contributed by atoms with E-state index in [-0.39, 0.29) is 10.5 Å². The molecular weight excluding hydrogens is 588 g/mol. The number of alkyl halides is 3. The van der Waals surface area contributed by atoms with Crippen LogP contribution in [0.15, 0.2) is 26.6 Å². The van der Waals surface area contributed by atoms with Crippen molar-refractivity contribution in [2.45, 2.75) is 32.5 Å². The number of halogens is 10. The van der Waals surface area contributed by atoms with Gasteiger partial charge in [0, 0.05) is 17.0 Å². The summed E-state index contributed by atoms with van der Waals surface area (Å²) in [5, 5.41) is -1.42. The van der Waals surface area contributed by atoms with E-state index < -0.39 is 75.8 Å². The van der Waals surface area contributed by atoms with Gasteiger partial charge < -0.3 is 4.74 Å². The smallest absolute Gasteiger partial charge is 0.426 e. The third kappa shape index (κ3) is 5.65. The Morgan fingerprint density at radius 2 is 1.74 bits per heavy atom. The summed E-state index contributed by atoms with van der Waals surface area (Å²) in [6.45, 7) is 2.96. The monoisotopic (exact) mass is 600 g/mol. The van der Waals surface area contributed by atoms with Crippen LogP contribution in [0, 0.1) is 40.5 Å². The Balaban J connectivity index is 2.39. The first-order valence-electron chi connectivity index (χ1n) is 8.55. The highest BCUT2D eigenvalue weighted by Crippen LogP contribution is 2.61. The minimum atomic E-state index is -4.81. The van der Waals surface area contributed by atoms with E-state index in [1.54, 1.807) is 0 Å². The molecule has 0 N–H and O–H groups in total. The van der Waals surface area contributed by atoms with Crippen molar-refractivity contribution < 1.29 is 40.3 Å². The van der Waals surface area contributed by atoms with E-state index in [9.17, 15) is 35.5 Å². The number of allylic oxidation sites excluding steroid dienone is 2. The third-order valence-corrected chi connectivity index (χ3v) is 7.05. The molecule has 12 heteroatoms. The second kappa shape index (κ2) is 9.43. The van der Waals surface area contributed by atoms with Crippen molar-refractivity contribution in [1.29, 1.82) is 0 Å². The Kier molecular flexibility index (Phi) is 7.96. The fraction of sp³-hybridized carbons (Fsp3) is 0.421. The average molecular weight is 603 g/mol. The van der Waals surface area contributed by atoms with Crippen LogP contribution in [-0.4, -0.2) is 12.1 Å². The van der Waals surface area contributed by atoms with Crippen LogP contribution in [0.1, 0.15) is 31.9 Å². The molecule has 0 amide bonds. The van der Waals surface area contributed by atoms with Gasteiger partial charge in [-0.25, -0.2) is 17.6 Å². The predicted molar refractivity (Wildman–Crippen MR) is 106 cm³/mol. The first-order chi connectivity index (χ1) is 14.1. The lowest BCUT2D eigenvalue weighted by molar-refractivity contribution is -0.152. The Morgan fingerprint density at radius 1 is 1.23 bits per heavy atom. The molecule has 1 fully saturated rings. The first-order valence-corrected chi connectivity index (χ1v) is 10.6. The number of hydrogen-bond acceptors (Lipinski definition) is 2. The fourth-order valence-electron chi connectivity index (χ4n) is 3.20. The maximum absolute atomic E-state index is 14.3. The van der Waals surface area contributed by atoms with Crippen molar-refractivity contribution in [2.75, 3.05) is 0 Å². The summed E-state index contributed by atoms with van der Waals surface area (Å²) in [6.07, 6.45) is -6.36. The third-order valence-electron chi connectivity index (χ3n) is 4.99. The van der Waals surface area contributed by atoms with E-state index >= 15 is 0 Å². The van der Waals surface area contributed by atoms with Crippen molar-refractivity contribution in [3.05, 3.63) is 55.5 Å². The number of esters is 1. The highest BCUT2D eigenvalue weighted by Gasteiger charge is 2.62. The molecule has 0 bridgehead atoms. The first kappa shape index (κ1) is 26.2. The van der Waals surface area contributed by atoms with Gasteiger partial charge in [0.1, 0.15) is 11.1 Å². The molecule has 0 saturated heterocycles. The number of carbonyl (C=O) groups excluding carboxylic acids is 1. The van der Waals surface area contributed by atoms with Crippen molar-refractivity contribution in [1.82, 2.24) is 0 Å². The Bertz CT molecular complexity index is 918. The topological polar surface area (TPSA) is 26.3 Å². The summed E-state index contributed by atoms with van der Waals surface area (Å²) in [7, 11) is 0. The highest BCUT2D eigenvalue weighted by molar-refractivity contribution is 9.14. The SMILES string of the molecule is CC1(C)[C@H](C(=O)OC(CC(Br)=CBr)c2c(F)c(F)cc(F)c2F)[C@@H]1C=C(Cl)C(F)(F)F. The zero-order valence-corrected chi connectivity index (χ0v) is 19.7. The van der Waals surface area contributed by atoms with Crippen LogP contribution in [0.25, 0.3) is 0 Å². The molecule has 2 nitrogen and oxygen atoms in total. The van der Waals surface area contributed by atoms with E-state index in [2.05, 4.69) is 31.9 Å². The van der Waals surface area contributed by atoms with Gasteiger partial charge in [-0.15, -0.1) is 0 Å². The van der Waals surface area contributed by atoms with Crippen molar-refractivity contribution >= 4 is 49.4 Å². The summed E-state index contributed by atoms with van der Waals surface area (Å²) < 4.78 is 99.4. The van der Waals surface area contributed by atoms with Gasteiger partial charge in [-0.2, -0.15) is 13.2 Å². The summed E-state index contributed by atoms with van der Waals surface area (Å²) in [4.78, 5) is 13.9. The zero-order valence-electron chi connectivity index (χ0n) is 15.8. The van der Waals surface area contributed by atoms with Crippen LogP contribution in [0.4, 0.5) is 30.7 Å². The minimum Gasteiger partial charge on any atom is -0.457 e. The Labute approximate surface area is 194 Å². The molecule has 0 aliphatic heterocycles. The quantitative estimate of drug-likeness (QED) is 0.189. The largest absolute Gasteiger partial charge is 0.457 e. The number of rotatable bonds is 6. The van der Waals surface area contributed by atoms with Crippen LogP contribution in [0.5, 0.6) is 0 Å². The van der Waals surface area contributed by atoms with Crippen LogP contribution >= 0.6 is 43.5 Å². The number of carbonyl (C=O) groups is 1. The minimum absolute atomic E-state index is 0.00633.